The third kappa shape index (κ3) is 1.91. The molecule has 0 amide bonds. The molecule has 1 aromatic carbocycles. The van der Waals surface area contributed by atoms with Crippen molar-refractivity contribution in [3.8, 4) is 11.4 Å². The van der Waals surface area contributed by atoms with E-state index in [9.17, 15) is 4.79 Å². The van der Waals surface area contributed by atoms with Crippen LogP contribution < -0.4 is 4.74 Å². The highest BCUT2D eigenvalue weighted by atomic mass is 16.5. The molecule has 0 aliphatic carbocycles. The van der Waals surface area contributed by atoms with Crippen molar-refractivity contribution in [1.29, 1.82) is 0 Å². The van der Waals surface area contributed by atoms with Crippen LogP contribution in [0.15, 0.2) is 42.7 Å². The molecule has 1 N–H and O–H groups in total. The number of hydrogen-bond acceptors (Lipinski definition) is 2. The van der Waals surface area contributed by atoms with Gasteiger partial charge in [-0.05, 0) is 30.3 Å². The first kappa shape index (κ1) is 10.3. The highest BCUT2D eigenvalue weighted by Gasteiger charge is 2.05. The number of methoxy groups -OCH3 is 1. The van der Waals surface area contributed by atoms with E-state index in [1.165, 1.54) is 0 Å². The summed E-state index contributed by atoms with van der Waals surface area (Å²) in [5, 5.41) is 8.79. The molecule has 16 heavy (non-hydrogen) atoms. The first-order chi connectivity index (χ1) is 7.70. The number of carbonyl (C=O) groups is 1. The van der Waals surface area contributed by atoms with Gasteiger partial charge in [-0.1, -0.05) is 0 Å². The zero-order valence-electron chi connectivity index (χ0n) is 8.75. The van der Waals surface area contributed by atoms with E-state index in [1.54, 1.807) is 30.1 Å². The van der Waals surface area contributed by atoms with Crippen LogP contribution in [-0.2, 0) is 0 Å². The molecule has 0 bridgehead atoms. The lowest BCUT2D eigenvalue weighted by Gasteiger charge is -2.04. The van der Waals surface area contributed by atoms with E-state index in [4.69, 9.17) is 9.84 Å². The van der Waals surface area contributed by atoms with Gasteiger partial charge in [0.25, 0.3) is 0 Å². The summed E-state index contributed by atoms with van der Waals surface area (Å²) in [7, 11) is 1.60. The minimum Gasteiger partial charge on any atom is -0.497 e. The largest absolute Gasteiger partial charge is 0.497 e. The quantitative estimate of drug-likeness (QED) is 0.857. The molecule has 0 radical (unpaired) electrons. The minimum absolute atomic E-state index is 0.274. The van der Waals surface area contributed by atoms with Crippen LogP contribution in [0.25, 0.3) is 5.69 Å². The molecule has 0 aliphatic heterocycles. The summed E-state index contributed by atoms with van der Waals surface area (Å²) in [5.74, 6) is -0.151. The highest BCUT2D eigenvalue weighted by Crippen LogP contribution is 2.15. The van der Waals surface area contributed by atoms with Crippen LogP contribution in [0.5, 0.6) is 5.75 Å². The van der Waals surface area contributed by atoms with Crippen molar-refractivity contribution in [2.24, 2.45) is 0 Å². The zero-order chi connectivity index (χ0) is 11.5. The van der Waals surface area contributed by atoms with Gasteiger partial charge < -0.3 is 14.4 Å². The molecule has 0 spiro atoms. The molecule has 0 unspecified atom stereocenters. The smallest absolute Gasteiger partial charge is 0.337 e. The SMILES string of the molecule is COc1ccc(-n2ccc(C(=O)O)c2)cc1. The van der Waals surface area contributed by atoms with Crippen LogP contribution in [0.4, 0.5) is 0 Å². The van der Waals surface area contributed by atoms with Gasteiger partial charge in [0, 0.05) is 18.1 Å². The van der Waals surface area contributed by atoms with Crippen LogP contribution in [0.2, 0.25) is 0 Å². The molecule has 4 nitrogen and oxygen atoms in total. The fourth-order valence-corrected chi connectivity index (χ4v) is 1.44. The number of carboxylic acids is 1. The number of nitrogens with zero attached hydrogens (tertiary/aromatic N) is 1. The Labute approximate surface area is 92.7 Å². The first-order valence-electron chi connectivity index (χ1n) is 4.76. The molecule has 0 atom stereocenters. The fraction of sp³-hybridized carbons (Fsp3) is 0.0833. The molecular weight excluding hydrogens is 206 g/mol. The second-order valence-electron chi connectivity index (χ2n) is 3.31. The van der Waals surface area contributed by atoms with Crippen molar-refractivity contribution in [3.63, 3.8) is 0 Å². The van der Waals surface area contributed by atoms with Gasteiger partial charge >= 0.3 is 5.97 Å². The van der Waals surface area contributed by atoms with Crippen molar-refractivity contribution >= 4 is 5.97 Å². The van der Waals surface area contributed by atoms with E-state index in [-0.39, 0.29) is 5.56 Å². The molecular formula is C12H11NO3. The average Bonchev–Trinajstić information content (AvgIpc) is 2.78. The van der Waals surface area contributed by atoms with Gasteiger partial charge in [0.05, 0.1) is 12.7 Å². The summed E-state index contributed by atoms with van der Waals surface area (Å²) < 4.78 is 6.80. The maximum Gasteiger partial charge on any atom is 0.337 e. The Balaban J connectivity index is 2.31. The zero-order valence-corrected chi connectivity index (χ0v) is 8.75. The van der Waals surface area contributed by atoms with Crippen LogP contribution >= 0.6 is 0 Å². The van der Waals surface area contributed by atoms with Crippen molar-refractivity contribution in [2.45, 2.75) is 0 Å². The van der Waals surface area contributed by atoms with Gasteiger partial charge in [0.15, 0.2) is 0 Å². The number of carboxylic acid groups (broad SMARTS) is 1. The van der Waals surface area contributed by atoms with E-state index in [1.807, 2.05) is 24.3 Å². The Morgan fingerprint density at radius 1 is 1.25 bits per heavy atom. The number of rotatable bonds is 3. The van der Waals surface area contributed by atoms with Gasteiger partial charge in [-0.2, -0.15) is 0 Å². The standard InChI is InChI=1S/C12H11NO3/c1-16-11-4-2-10(3-5-11)13-7-6-9(8-13)12(14)15/h2-8H,1H3,(H,14,15). The average molecular weight is 217 g/mol. The van der Waals surface area contributed by atoms with Crippen LogP contribution in [0.1, 0.15) is 10.4 Å². The Morgan fingerprint density at radius 3 is 2.44 bits per heavy atom. The molecule has 0 aliphatic rings. The Bertz CT molecular complexity index is 499. The molecule has 2 aromatic rings. The van der Waals surface area contributed by atoms with E-state index in [0.717, 1.165) is 11.4 Å². The first-order valence-corrected chi connectivity index (χ1v) is 4.76. The van der Waals surface area contributed by atoms with Gasteiger partial charge in [-0.25, -0.2) is 4.79 Å². The Kier molecular flexibility index (Phi) is 2.64. The Hall–Kier alpha value is -2.23. The molecule has 1 aromatic heterocycles. The molecule has 1 heterocycles. The lowest BCUT2D eigenvalue weighted by atomic mass is 10.3. The summed E-state index contributed by atoms with van der Waals surface area (Å²) in [6.07, 6.45) is 3.29. The van der Waals surface area contributed by atoms with E-state index in [0.29, 0.717) is 0 Å². The Morgan fingerprint density at radius 2 is 1.94 bits per heavy atom. The number of aromatic carboxylic acids is 1. The summed E-state index contributed by atoms with van der Waals surface area (Å²) in [6.45, 7) is 0. The lowest BCUT2D eigenvalue weighted by molar-refractivity contribution is 0.0697. The third-order valence-electron chi connectivity index (χ3n) is 2.31. The van der Waals surface area contributed by atoms with Crippen LogP contribution in [0.3, 0.4) is 0 Å². The van der Waals surface area contributed by atoms with Crippen LogP contribution in [0, 0.1) is 0 Å². The number of aromatic nitrogens is 1. The molecule has 0 fully saturated rings. The predicted octanol–water partition coefficient (Wildman–Crippen LogP) is 2.18. The molecule has 0 saturated carbocycles. The normalized spacial score (nSPS) is 10.1. The monoisotopic (exact) mass is 217 g/mol. The second kappa shape index (κ2) is 4.10. The number of ether oxygens (including phenoxy) is 1. The molecule has 82 valence electrons. The third-order valence-corrected chi connectivity index (χ3v) is 2.31. The topological polar surface area (TPSA) is 51.5 Å². The van der Waals surface area contributed by atoms with E-state index < -0.39 is 5.97 Å². The summed E-state index contributed by atoms with van der Waals surface area (Å²) in [4.78, 5) is 10.7. The number of hydrogen-bond donors (Lipinski definition) is 1. The second-order valence-corrected chi connectivity index (χ2v) is 3.31. The van der Waals surface area contributed by atoms with E-state index >= 15 is 0 Å². The van der Waals surface area contributed by atoms with Crippen molar-refractivity contribution in [1.82, 2.24) is 4.57 Å². The summed E-state index contributed by atoms with van der Waals surface area (Å²) in [5.41, 5.74) is 1.17. The van der Waals surface area contributed by atoms with E-state index in [2.05, 4.69) is 0 Å². The maximum absolute atomic E-state index is 10.7. The van der Waals surface area contributed by atoms with Crippen LogP contribution in [-0.4, -0.2) is 22.8 Å². The van der Waals surface area contributed by atoms with Gasteiger partial charge in [0.2, 0.25) is 0 Å². The lowest BCUT2D eigenvalue weighted by Crippen LogP contribution is -1.94. The van der Waals surface area contributed by atoms with Gasteiger partial charge in [-0.3, -0.25) is 0 Å². The van der Waals surface area contributed by atoms with Crippen molar-refractivity contribution in [2.75, 3.05) is 7.11 Å². The number of benzene rings is 1. The molecule has 4 heteroatoms. The molecule has 0 saturated heterocycles. The highest BCUT2D eigenvalue weighted by molar-refractivity contribution is 5.87. The van der Waals surface area contributed by atoms with Crippen molar-refractivity contribution in [3.05, 3.63) is 48.3 Å². The predicted molar refractivity (Wildman–Crippen MR) is 59.3 cm³/mol. The fourth-order valence-electron chi connectivity index (χ4n) is 1.44. The van der Waals surface area contributed by atoms with Gasteiger partial charge in [-0.15, -0.1) is 0 Å². The van der Waals surface area contributed by atoms with Gasteiger partial charge in [0.1, 0.15) is 5.75 Å². The summed E-state index contributed by atoms with van der Waals surface area (Å²) in [6, 6.07) is 8.95. The summed E-state index contributed by atoms with van der Waals surface area (Å²) >= 11 is 0. The molecule has 2 rings (SSSR count). The maximum atomic E-state index is 10.7. The van der Waals surface area contributed by atoms with Crippen molar-refractivity contribution < 1.29 is 14.6 Å². The minimum atomic E-state index is -0.924.